The van der Waals surface area contributed by atoms with E-state index in [2.05, 4.69) is 4.98 Å². The van der Waals surface area contributed by atoms with E-state index in [9.17, 15) is 4.79 Å². The Balaban J connectivity index is 2.49. The summed E-state index contributed by atoms with van der Waals surface area (Å²) in [4.78, 5) is 17.5. The average Bonchev–Trinajstić information content (AvgIpc) is 2.59. The summed E-state index contributed by atoms with van der Waals surface area (Å²) >= 11 is 1.53. The second-order valence-electron chi connectivity index (χ2n) is 2.72. The SMILES string of the molecule is CCN(CC)C(=O)Cc1cscn1. The van der Waals surface area contributed by atoms with E-state index < -0.39 is 0 Å². The predicted molar refractivity (Wildman–Crippen MR) is 53.7 cm³/mol. The Labute approximate surface area is 82.4 Å². The normalized spacial score (nSPS) is 10.0. The number of thiazole rings is 1. The summed E-state index contributed by atoms with van der Waals surface area (Å²) in [5.74, 6) is 0.163. The van der Waals surface area contributed by atoms with Gasteiger partial charge in [-0.15, -0.1) is 11.3 Å². The minimum atomic E-state index is 0.163. The molecule has 0 saturated heterocycles. The quantitative estimate of drug-likeness (QED) is 0.735. The van der Waals surface area contributed by atoms with E-state index in [0.29, 0.717) is 6.42 Å². The summed E-state index contributed by atoms with van der Waals surface area (Å²) in [5.41, 5.74) is 2.63. The second-order valence-corrected chi connectivity index (χ2v) is 3.44. The van der Waals surface area contributed by atoms with Gasteiger partial charge in [-0.3, -0.25) is 4.79 Å². The zero-order chi connectivity index (χ0) is 9.68. The van der Waals surface area contributed by atoms with Crippen LogP contribution < -0.4 is 0 Å². The Kier molecular flexibility index (Phi) is 3.89. The first-order valence-electron chi connectivity index (χ1n) is 4.42. The zero-order valence-electron chi connectivity index (χ0n) is 7.99. The van der Waals surface area contributed by atoms with Crippen molar-refractivity contribution < 1.29 is 4.79 Å². The highest BCUT2D eigenvalue weighted by Gasteiger charge is 2.10. The molecule has 0 fully saturated rings. The highest BCUT2D eigenvalue weighted by Crippen LogP contribution is 2.03. The first-order chi connectivity index (χ1) is 6.27. The number of nitrogens with zero attached hydrogens (tertiary/aromatic N) is 2. The van der Waals surface area contributed by atoms with Gasteiger partial charge in [-0.2, -0.15) is 0 Å². The van der Waals surface area contributed by atoms with Crippen molar-refractivity contribution in [3.8, 4) is 0 Å². The molecule has 0 aliphatic carbocycles. The van der Waals surface area contributed by atoms with Gasteiger partial charge in [-0.1, -0.05) is 0 Å². The van der Waals surface area contributed by atoms with Crippen molar-refractivity contribution in [3.63, 3.8) is 0 Å². The highest BCUT2D eigenvalue weighted by molar-refractivity contribution is 7.07. The van der Waals surface area contributed by atoms with Gasteiger partial charge in [0.15, 0.2) is 0 Å². The molecule has 0 saturated carbocycles. The molecular formula is C9H14N2OS. The predicted octanol–water partition coefficient (Wildman–Crippen LogP) is 1.55. The van der Waals surface area contributed by atoms with Crippen LogP contribution in [-0.2, 0) is 11.2 Å². The van der Waals surface area contributed by atoms with Crippen molar-refractivity contribution in [3.05, 3.63) is 16.6 Å². The number of carbonyl (C=O) groups excluding carboxylic acids is 1. The average molecular weight is 198 g/mol. The van der Waals surface area contributed by atoms with Crippen LogP contribution in [0.4, 0.5) is 0 Å². The van der Waals surface area contributed by atoms with Crippen molar-refractivity contribution in [1.82, 2.24) is 9.88 Å². The Morgan fingerprint density at radius 2 is 2.23 bits per heavy atom. The van der Waals surface area contributed by atoms with E-state index in [1.807, 2.05) is 24.1 Å². The second kappa shape index (κ2) is 4.97. The molecule has 0 unspecified atom stereocenters. The summed E-state index contributed by atoms with van der Waals surface area (Å²) < 4.78 is 0. The molecule has 0 N–H and O–H groups in total. The Morgan fingerprint density at radius 1 is 1.54 bits per heavy atom. The molecule has 1 amide bonds. The molecule has 0 aliphatic rings. The van der Waals surface area contributed by atoms with Gasteiger partial charge in [0.25, 0.3) is 0 Å². The molecule has 4 heteroatoms. The summed E-state index contributed by atoms with van der Waals surface area (Å²) in [5, 5.41) is 1.92. The first kappa shape index (κ1) is 10.2. The molecule has 3 nitrogen and oxygen atoms in total. The van der Waals surface area contributed by atoms with E-state index in [4.69, 9.17) is 0 Å². The third kappa shape index (κ3) is 2.81. The summed E-state index contributed by atoms with van der Waals surface area (Å²) in [6, 6.07) is 0. The lowest BCUT2D eigenvalue weighted by Crippen LogP contribution is -2.31. The maximum Gasteiger partial charge on any atom is 0.228 e. The number of amides is 1. The fourth-order valence-electron chi connectivity index (χ4n) is 1.17. The minimum Gasteiger partial charge on any atom is -0.343 e. The van der Waals surface area contributed by atoms with Gasteiger partial charge in [-0.05, 0) is 13.8 Å². The number of aromatic nitrogens is 1. The minimum absolute atomic E-state index is 0.163. The van der Waals surface area contributed by atoms with Crippen LogP contribution in [0.25, 0.3) is 0 Å². The van der Waals surface area contributed by atoms with E-state index in [0.717, 1.165) is 18.8 Å². The molecule has 0 radical (unpaired) electrons. The molecule has 1 aromatic rings. The number of hydrogen-bond donors (Lipinski definition) is 0. The molecule has 72 valence electrons. The Morgan fingerprint density at radius 3 is 2.69 bits per heavy atom. The van der Waals surface area contributed by atoms with E-state index >= 15 is 0 Å². The summed E-state index contributed by atoms with van der Waals surface area (Å²) in [6.07, 6.45) is 0.436. The van der Waals surface area contributed by atoms with Crippen LogP contribution in [0.15, 0.2) is 10.9 Å². The molecule has 0 aromatic carbocycles. The van der Waals surface area contributed by atoms with Crippen LogP contribution in [-0.4, -0.2) is 28.9 Å². The van der Waals surface area contributed by atoms with Gasteiger partial charge in [0.2, 0.25) is 5.91 Å². The van der Waals surface area contributed by atoms with Gasteiger partial charge in [0.05, 0.1) is 17.6 Å². The Bertz CT molecular complexity index is 255. The van der Waals surface area contributed by atoms with Crippen molar-refractivity contribution in [2.24, 2.45) is 0 Å². The zero-order valence-corrected chi connectivity index (χ0v) is 8.80. The standard InChI is InChI=1S/C9H14N2OS/c1-3-11(4-2)9(12)5-8-6-13-7-10-8/h6-7H,3-5H2,1-2H3. The maximum absolute atomic E-state index is 11.6. The van der Waals surface area contributed by atoms with Crippen molar-refractivity contribution in [1.29, 1.82) is 0 Å². The molecule has 0 spiro atoms. The monoisotopic (exact) mass is 198 g/mol. The van der Waals surface area contributed by atoms with E-state index in [1.165, 1.54) is 11.3 Å². The first-order valence-corrected chi connectivity index (χ1v) is 5.37. The molecule has 1 rings (SSSR count). The highest BCUT2D eigenvalue weighted by atomic mass is 32.1. The van der Waals surface area contributed by atoms with Gasteiger partial charge in [-0.25, -0.2) is 4.98 Å². The molecule has 1 heterocycles. The van der Waals surface area contributed by atoms with Crippen LogP contribution in [0.2, 0.25) is 0 Å². The van der Waals surface area contributed by atoms with Crippen molar-refractivity contribution in [2.75, 3.05) is 13.1 Å². The maximum atomic E-state index is 11.6. The fourth-order valence-corrected chi connectivity index (χ4v) is 1.73. The molecular weight excluding hydrogens is 184 g/mol. The molecule has 1 aromatic heterocycles. The smallest absolute Gasteiger partial charge is 0.228 e. The van der Waals surface area contributed by atoms with Crippen LogP contribution in [0, 0.1) is 0 Å². The third-order valence-electron chi connectivity index (χ3n) is 1.93. The topological polar surface area (TPSA) is 33.2 Å². The molecule has 0 atom stereocenters. The fraction of sp³-hybridized carbons (Fsp3) is 0.556. The molecule has 0 bridgehead atoms. The van der Waals surface area contributed by atoms with Crippen molar-refractivity contribution in [2.45, 2.75) is 20.3 Å². The summed E-state index contributed by atoms with van der Waals surface area (Å²) in [6.45, 7) is 5.53. The lowest BCUT2D eigenvalue weighted by atomic mass is 10.3. The van der Waals surface area contributed by atoms with Gasteiger partial charge >= 0.3 is 0 Å². The van der Waals surface area contributed by atoms with Crippen LogP contribution in [0.5, 0.6) is 0 Å². The largest absolute Gasteiger partial charge is 0.343 e. The van der Waals surface area contributed by atoms with Crippen LogP contribution >= 0.6 is 11.3 Å². The molecule has 0 aliphatic heterocycles. The van der Waals surface area contributed by atoms with E-state index in [1.54, 1.807) is 5.51 Å². The van der Waals surface area contributed by atoms with Crippen molar-refractivity contribution >= 4 is 17.2 Å². The summed E-state index contributed by atoms with van der Waals surface area (Å²) in [7, 11) is 0. The van der Waals surface area contributed by atoms with E-state index in [-0.39, 0.29) is 5.91 Å². The van der Waals surface area contributed by atoms with Crippen LogP contribution in [0.3, 0.4) is 0 Å². The number of hydrogen-bond acceptors (Lipinski definition) is 3. The van der Waals surface area contributed by atoms with Gasteiger partial charge in [0.1, 0.15) is 0 Å². The number of carbonyl (C=O) groups is 1. The van der Waals surface area contributed by atoms with Crippen LogP contribution in [0.1, 0.15) is 19.5 Å². The Hall–Kier alpha value is -0.900. The van der Waals surface area contributed by atoms with Gasteiger partial charge in [0, 0.05) is 18.5 Å². The lowest BCUT2D eigenvalue weighted by Gasteiger charge is -2.17. The van der Waals surface area contributed by atoms with Gasteiger partial charge < -0.3 is 4.90 Å². The lowest BCUT2D eigenvalue weighted by molar-refractivity contribution is -0.130. The number of likely N-dealkylation sites (N-methyl/N-ethyl adjacent to an activating group) is 1. The third-order valence-corrected chi connectivity index (χ3v) is 2.57. The number of rotatable bonds is 4. The molecule has 13 heavy (non-hydrogen) atoms.